The molecule has 19 nitrogen and oxygen atoms in total. The molecule has 17 atom stereocenters. The number of rotatable bonds is 49. The molecule has 0 spiro atoms. The summed E-state index contributed by atoms with van der Waals surface area (Å²) in [7, 11) is 0. The fourth-order valence-electron chi connectivity index (χ4n) is 10.6. The molecule has 0 radical (unpaired) electrons. The van der Waals surface area contributed by atoms with Gasteiger partial charge in [0.15, 0.2) is 18.9 Å². The molecule has 89 heavy (non-hydrogen) atoms. The zero-order chi connectivity index (χ0) is 64.7. The van der Waals surface area contributed by atoms with Crippen LogP contribution in [-0.2, 0) is 33.2 Å². The van der Waals surface area contributed by atoms with E-state index in [0.29, 0.717) is 12.8 Å². The number of unbranched alkanes of at least 4 members (excludes halogenated alkanes) is 17. The van der Waals surface area contributed by atoms with Crippen LogP contribution in [0.15, 0.2) is 109 Å². The summed E-state index contributed by atoms with van der Waals surface area (Å²) in [6, 6.07) is -0.992. The first-order chi connectivity index (χ1) is 43.3. The van der Waals surface area contributed by atoms with Gasteiger partial charge >= 0.3 is 0 Å². The van der Waals surface area contributed by atoms with Crippen molar-refractivity contribution >= 4 is 5.91 Å². The molecule has 3 saturated heterocycles. The maximum Gasteiger partial charge on any atom is 0.220 e. The molecule has 0 bridgehead atoms. The minimum atomic E-state index is -1.98. The highest BCUT2D eigenvalue weighted by Gasteiger charge is 2.53. The fraction of sp³-hybridized carbons (Fsp3) is 0.729. The Balaban J connectivity index is 1.29. The van der Waals surface area contributed by atoms with Crippen molar-refractivity contribution in [2.45, 2.75) is 298 Å². The molecular formula is C70H117NO18. The number of amides is 1. The Morgan fingerprint density at radius 1 is 0.416 bits per heavy atom. The molecule has 3 fully saturated rings. The van der Waals surface area contributed by atoms with Crippen LogP contribution in [0.3, 0.4) is 0 Å². The van der Waals surface area contributed by atoms with Crippen molar-refractivity contribution in [2.24, 2.45) is 0 Å². The molecule has 0 aromatic heterocycles. The van der Waals surface area contributed by atoms with Gasteiger partial charge in [-0.2, -0.15) is 0 Å². The van der Waals surface area contributed by atoms with Gasteiger partial charge in [0, 0.05) is 6.42 Å². The average Bonchev–Trinajstić information content (AvgIpc) is 2.14. The van der Waals surface area contributed by atoms with Gasteiger partial charge in [-0.05, 0) is 83.5 Å². The Bertz CT molecular complexity index is 2040. The molecule has 0 aromatic rings. The summed E-state index contributed by atoms with van der Waals surface area (Å²) in [5, 5.41) is 120. The number of ether oxygens (including phenoxy) is 6. The molecule has 12 N–H and O–H groups in total. The van der Waals surface area contributed by atoms with Crippen molar-refractivity contribution in [3.63, 3.8) is 0 Å². The van der Waals surface area contributed by atoms with E-state index in [1.165, 1.54) is 70.6 Å². The Morgan fingerprint density at radius 2 is 0.787 bits per heavy atom. The molecule has 3 rings (SSSR count). The topological polar surface area (TPSA) is 307 Å². The average molecular weight is 1260 g/mol. The molecule has 17 unspecified atom stereocenters. The van der Waals surface area contributed by atoms with Crippen molar-refractivity contribution in [3.8, 4) is 0 Å². The normalized spacial score (nSPS) is 28.9. The van der Waals surface area contributed by atoms with Gasteiger partial charge < -0.3 is 89.9 Å². The highest BCUT2D eigenvalue weighted by molar-refractivity contribution is 5.76. The lowest BCUT2D eigenvalue weighted by molar-refractivity contribution is -0.379. The zero-order valence-electron chi connectivity index (χ0n) is 53.6. The van der Waals surface area contributed by atoms with E-state index in [0.717, 1.165) is 89.9 Å². The van der Waals surface area contributed by atoms with E-state index in [9.17, 15) is 61.0 Å². The first-order valence-corrected chi connectivity index (χ1v) is 33.6. The molecule has 1 amide bonds. The van der Waals surface area contributed by atoms with Crippen LogP contribution in [0.5, 0.6) is 0 Å². The van der Waals surface area contributed by atoms with Gasteiger partial charge in [0.25, 0.3) is 0 Å². The van der Waals surface area contributed by atoms with Gasteiger partial charge in [0.2, 0.25) is 5.91 Å². The van der Waals surface area contributed by atoms with E-state index in [-0.39, 0.29) is 18.9 Å². The predicted molar refractivity (Wildman–Crippen MR) is 346 cm³/mol. The third-order valence-electron chi connectivity index (χ3n) is 16.0. The minimum absolute atomic E-state index is 0.229. The molecule has 19 heteroatoms. The summed E-state index contributed by atoms with van der Waals surface area (Å²) in [6.45, 7) is 1.44. The molecule has 3 aliphatic rings. The minimum Gasteiger partial charge on any atom is -0.394 e. The molecule has 510 valence electrons. The monoisotopic (exact) mass is 1260 g/mol. The van der Waals surface area contributed by atoms with Crippen LogP contribution in [0.4, 0.5) is 0 Å². The van der Waals surface area contributed by atoms with Gasteiger partial charge in [-0.15, -0.1) is 0 Å². The second-order valence-electron chi connectivity index (χ2n) is 23.5. The number of carbonyl (C=O) groups excluding carboxylic acids is 1. The Hall–Kier alpha value is -3.55. The lowest BCUT2D eigenvalue weighted by atomic mass is 9.96. The maximum absolute atomic E-state index is 13.3. The zero-order valence-corrected chi connectivity index (χ0v) is 53.6. The van der Waals surface area contributed by atoms with Gasteiger partial charge in [0.1, 0.15) is 73.2 Å². The third-order valence-corrected chi connectivity index (χ3v) is 16.0. The Morgan fingerprint density at radius 3 is 1.25 bits per heavy atom. The highest BCUT2D eigenvalue weighted by Crippen LogP contribution is 2.33. The first kappa shape index (κ1) is 79.7. The molecule has 3 aliphatic heterocycles. The van der Waals surface area contributed by atoms with Crippen molar-refractivity contribution in [1.82, 2.24) is 5.32 Å². The van der Waals surface area contributed by atoms with Gasteiger partial charge in [0.05, 0.1) is 38.6 Å². The van der Waals surface area contributed by atoms with E-state index >= 15 is 0 Å². The standard InChI is InChI=1S/C70H117NO18/c1-3-5-7-9-11-12-13-14-15-16-17-18-19-20-21-22-23-24-25-26-27-28-29-30-31-32-33-34-35-36-37-38-39-40-42-44-46-48-58(76)71-53(54(75)47-45-43-41-10-8-6-4-2)52-84-68-64(82)61(79)66(56(50-73)86-68)89-70-65(83)62(80)67(57(51-74)87-70)88-69-63(81)60(78)59(77)55(49-72)85-69/h5,7-8,10-12,14-15,17-18,20-21,23-24,26-27,45,47,53-57,59-70,72-75,77-83H,3-4,6,9,13,16,19,22,25,28-44,46,48-52H2,1-2H3,(H,71,76)/b7-5-,10-8+,12-11-,15-14-,18-17-,21-20-,24-23-,27-26-,47-45+. The number of carbonyl (C=O) groups is 1. The second kappa shape index (κ2) is 50.9. The lowest BCUT2D eigenvalue weighted by Gasteiger charge is -2.48. The van der Waals surface area contributed by atoms with Crippen LogP contribution in [0.25, 0.3) is 0 Å². The van der Waals surface area contributed by atoms with Crippen LogP contribution in [-0.4, -0.2) is 193 Å². The van der Waals surface area contributed by atoms with E-state index in [1.54, 1.807) is 6.08 Å². The smallest absolute Gasteiger partial charge is 0.220 e. The van der Waals surface area contributed by atoms with Crippen LogP contribution in [0, 0.1) is 0 Å². The van der Waals surface area contributed by atoms with E-state index in [2.05, 4.69) is 116 Å². The van der Waals surface area contributed by atoms with E-state index < -0.39 is 124 Å². The lowest BCUT2D eigenvalue weighted by Crippen LogP contribution is -2.66. The quantitative estimate of drug-likeness (QED) is 0.0201. The van der Waals surface area contributed by atoms with Gasteiger partial charge in [-0.3, -0.25) is 4.79 Å². The van der Waals surface area contributed by atoms with Gasteiger partial charge in [-0.1, -0.05) is 213 Å². The van der Waals surface area contributed by atoms with Gasteiger partial charge in [-0.25, -0.2) is 0 Å². The fourth-order valence-corrected chi connectivity index (χ4v) is 10.6. The van der Waals surface area contributed by atoms with Crippen LogP contribution in [0.2, 0.25) is 0 Å². The number of allylic oxidation sites excluding steroid dienone is 17. The molecule has 0 aromatic carbocycles. The van der Waals surface area contributed by atoms with E-state index in [1.807, 2.05) is 6.08 Å². The van der Waals surface area contributed by atoms with Crippen LogP contribution >= 0.6 is 0 Å². The molecular weight excluding hydrogens is 1140 g/mol. The Labute approximate surface area is 532 Å². The first-order valence-electron chi connectivity index (χ1n) is 33.6. The number of hydrogen-bond acceptors (Lipinski definition) is 18. The molecule has 3 heterocycles. The number of hydrogen-bond donors (Lipinski definition) is 12. The predicted octanol–water partition coefficient (Wildman–Crippen LogP) is 8.27. The number of aliphatic hydroxyl groups is 11. The Kier molecular flexibility index (Phi) is 45.6. The molecule has 0 saturated carbocycles. The number of nitrogens with one attached hydrogen (secondary N) is 1. The van der Waals surface area contributed by atoms with Crippen molar-refractivity contribution in [1.29, 1.82) is 0 Å². The highest BCUT2D eigenvalue weighted by atomic mass is 16.8. The summed E-state index contributed by atoms with van der Waals surface area (Å²) in [6.07, 6.45) is 41.5. The largest absolute Gasteiger partial charge is 0.394 e. The summed E-state index contributed by atoms with van der Waals surface area (Å²) < 4.78 is 34.1. The van der Waals surface area contributed by atoms with Crippen LogP contribution < -0.4 is 5.32 Å². The van der Waals surface area contributed by atoms with Crippen molar-refractivity contribution in [3.05, 3.63) is 109 Å². The van der Waals surface area contributed by atoms with Crippen molar-refractivity contribution < 1.29 is 89.4 Å². The summed E-state index contributed by atoms with van der Waals surface area (Å²) in [4.78, 5) is 13.3. The maximum atomic E-state index is 13.3. The van der Waals surface area contributed by atoms with Crippen molar-refractivity contribution in [2.75, 3.05) is 26.4 Å². The third kappa shape index (κ3) is 33.2. The number of aliphatic hydroxyl groups excluding tert-OH is 11. The van der Waals surface area contributed by atoms with Crippen LogP contribution in [0.1, 0.15) is 194 Å². The SMILES string of the molecule is CC/C=C\C/C=C\C/C=C\C/C=C\C/C=C\C/C=C\C/C=C\CCCCCCCCCCCCCCCCCC(=O)NC(COC1OC(CO)C(OC2OC(CO)C(OC3OC(CO)C(O)C(O)C3O)C(O)C2O)C(O)C1O)C(O)/C=C/CC/C=C/CCC. The summed E-state index contributed by atoms with van der Waals surface area (Å²) in [5.41, 5.74) is 0. The van der Waals surface area contributed by atoms with E-state index in [4.69, 9.17) is 28.4 Å². The summed E-state index contributed by atoms with van der Waals surface area (Å²) >= 11 is 0. The molecule has 0 aliphatic carbocycles. The second-order valence-corrected chi connectivity index (χ2v) is 23.5. The summed E-state index contributed by atoms with van der Waals surface area (Å²) in [5.74, 6) is -0.295.